The molecule has 0 saturated carbocycles. The number of hydrogen-bond donors (Lipinski definition) is 1. The van der Waals surface area contributed by atoms with E-state index in [1.807, 2.05) is 39.8 Å². The third kappa shape index (κ3) is 4.34. The first-order valence-corrected chi connectivity index (χ1v) is 8.19. The standard InChI is InChI=1S/C16H20N2O4.C2H6/c1-10-6-12-8-18(11(2)4-5-14(20)17-9-19)16(21)15(12)13(7-10)22-3;1-2/h6-7,9,11H,4-5,8H2,1-3H3,(H,17,19,20);1-2H3. The van der Waals surface area contributed by atoms with E-state index in [9.17, 15) is 14.4 Å². The summed E-state index contributed by atoms with van der Waals surface area (Å²) in [5, 5.41) is 2.10. The van der Waals surface area contributed by atoms with Crippen LogP contribution >= 0.6 is 0 Å². The maximum atomic E-state index is 12.6. The number of imide groups is 1. The van der Waals surface area contributed by atoms with Crippen molar-refractivity contribution in [2.45, 2.75) is 53.1 Å². The molecule has 0 aliphatic carbocycles. The fourth-order valence-corrected chi connectivity index (χ4v) is 2.74. The van der Waals surface area contributed by atoms with Gasteiger partial charge in [-0.3, -0.25) is 19.7 Å². The monoisotopic (exact) mass is 334 g/mol. The van der Waals surface area contributed by atoms with Crippen molar-refractivity contribution in [1.82, 2.24) is 10.2 Å². The van der Waals surface area contributed by atoms with E-state index in [4.69, 9.17) is 4.74 Å². The highest BCUT2D eigenvalue weighted by Gasteiger charge is 2.33. The molecule has 6 nitrogen and oxygen atoms in total. The van der Waals surface area contributed by atoms with Crippen molar-refractivity contribution in [2.24, 2.45) is 0 Å². The molecule has 1 aliphatic heterocycles. The van der Waals surface area contributed by atoms with Crippen LogP contribution < -0.4 is 10.1 Å². The molecule has 1 aliphatic rings. The highest BCUT2D eigenvalue weighted by atomic mass is 16.5. The van der Waals surface area contributed by atoms with Gasteiger partial charge in [-0.15, -0.1) is 0 Å². The molecule has 0 fully saturated rings. The Morgan fingerprint density at radius 3 is 2.67 bits per heavy atom. The molecule has 1 atom stereocenters. The normalized spacial score (nSPS) is 13.5. The molecule has 0 spiro atoms. The lowest BCUT2D eigenvalue weighted by Crippen LogP contribution is -2.34. The zero-order valence-corrected chi connectivity index (χ0v) is 15.0. The lowest BCUT2D eigenvalue weighted by molar-refractivity contribution is -0.125. The van der Waals surface area contributed by atoms with Crippen LogP contribution in [-0.4, -0.2) is 36.3 Å². The van der Waals surface area contributed by atoms with Gasteiger partial charge >= 0.3 is 0 Å². The largest absolute Gasteiger partial charge is 0.496 e. The van der Waals surface area contributed by atoms with Gasteiger partial charge in [-0.05, 0) is 37.5 Å². The van der Waals surface area contributed by atoms with E-state index in [1.54, 1.807) is 12.0 Å². The zero-order valence-electron chi connectivity index (χ0n) is 15.0. The number of rotatable bonds is 6. The molecule has 0 bridgehead atoms. The molecule has 132 valence electrons. The summed E-state index contributed by atoms with van der Waals surface area (Å²) in [6.07, 6.45) is 1.08. The number of methoxy groups -OCH3 is 1. The van der Waals surface area contributed by atoms with E-state index in [-0.39, 0.29) is 24.3 Å². The third-order valence-electron chi connectivity index (χ3n) is 3.90. The summed E-state index contributed by atoms with van der Waals surface area (Å²) in [7, 11) is 1.55. The summed E-state index contributed by atoms with van der Waals surface area (Å²) < 4.78 is 5.32. The van der Waals surface area contributed by atoms with E-state index in [0.717, 1.165) is 11.1 Å². The molecule has 1 aromatic rings. The van der Waals surface area contributed by atoms with E-state index in [2.05, 4.69) is 5.32 Å². The van der Waals surface area contributed by atoms with Crippen molar-refractivity contribution in [3.8, 4) is 5.75 Å². The number of carbonyl (C=O) groups excluding carboxylic acids is 3. The molecule has 2 rings (SSSR count). The van der Waals surface area contributed by atoms with E-state index < -0.39 is 0 Å². The van der Waals surface area contributed by atoms with Crippen LogP contribution in [0.4, 0.5) is 0 Å². The minimum Gasteiger partial charge on any atom is -0.496 e. The Balaban J connectivity index is 0.00000139. The van der Waals surface area contributed by atoms with Crippen molar-refractivity contribution in [1.29, 1.82) is 0 Å². The molecule has 24 heavy (non-hydrogen) atoms. The van der Waals surface area contributed by atoms with Crippen LogP contribution in [0.25, 0.3) is 0 Å². The average molecular weight is 334 g/mol. The minimum atomic E-state index is -0.334. The number of aryl methyl sites for hydroxylation is 1. The second-order valence-electron chi connectivity index (χ2n) is 5.51. The van der Waals surface area contributed by atoms with Crippen molar-refractivity contribution >= 4 is 18.2 Å². The predicted octanol–water partition coefficient (Wildman–Crippen LogP) is 2.43. The first kappa shape index (κ1) is 19.7. The summed E-state index contributed by atoms with van der Waals surface area (Å²) in [6.45, 7) is 8.38. The summed E-state index contributed by atoms with van der Waals surface area (Å²) in [5.41, 5.74) is 2.60. The van der Waals surface area contributed by atoms with Gasteiger partial charge in [0, 0.05) is 19.0 Å². The first-order chi connectivity index (χ1) is 11.5. The molecular formula is C18H26N2O4. The Bertz CT molecular complexity index is 613. The SMILES string of the molecule is CC.COc1cc(C)cc2c1C(=O)N(C(C)CCC(=O)NC=O)C2. The van der Waals surface area contributed by atoms with Crippen molar-refractivity contribution in [3.05, 3.63) is 28.8 Å². The van der Waals surface area contributed by atoms with Gasteiger partial charge < -0.3 is 9.64 Å². The molecule has 1 N–H and O–H groups in total. The Morgan fingerprint density at radius 1 is 1.42 bits per heavy atom. The fourth-order valence-electron chi connectivity index (χ4n) is 2.74. The van der Waals surface area contributed by atoms with Gasteiger partial charge in [0.05, 0.1) is 12.7 Å². The average Bonchev–Trinajstić information content (AvgIpc) is 2.90. The fraction of sp³-hybridized carbons (Fsp3) is 0.500. The second kappa shape index (κ2) is 9.05. The van der Waals surface area contributed by atoms with Crippen LogP contribution in [0.5, 0.6) is 5.75 Å². The Hall–Kier alpha value is -2.37. The number of hydrogen-bond acceptors (Lipinski definition) is 4. The predicted molar refractivity (Wildman–Crippen MR) is 91.9 cm³/mol. The lowest BCUT2D eigenvalue weighted by atomic mass is 10.1. The van der Waals surface area contributed by atoms with Gasteiger partial charge in [-0.1, -0.05) is 19.9 Å². The molecule has 0 radical (unpaired) electrons. The molecule has 0 saturated heterocycles. The van der Waals surface area contributed by atoms with Crippen LogP contribution in [0.15, 0.2) is 12.1 Å². The molecule has 3 amide bonds. The number of nitrogens with one attached hydrogen (secondary N) is 1. The zero-order chi connectivity index (χ0) is 18.3. The van der Waals surface area contributed by atoms with E-state index in [0.29, 0.717) is 30.7 Å². The Kier molecular flexibility index (Phi) is 7.42. The number of ether oxygens (including phenoxy) is 1. The first-order valence-electron chi connectivity index (χ1n) is 8.19. The van der Waals surface area contributed by atoms with E-state index in [1.165, 1.54) is 0 Å². The summed E-state index contributed by atoms with van der Waals surface area (Å²) in [4.78, 5) is 35.9. The molecule has 1 unspecified atom stereocenters. The van der Waals surface area contributed by atoms with Gasteiger partial charge in [0.15, 0.2) is 0 Å². The topological polar surface area (TPSA) is 75.7 Å². The summed E-state index contributed by atoms with van der Waals surface area (Å²) >= 11 is 0. The number of fused-ring (bicyclic) bond motifs is 1. The summed E-state index contributed by atoms with van der Waals surface area (Å²) in [5.74, 6) is 0.183. The number of carbonyl (C=O) groups is 3. The quantitative estimate of drug-likeness (QED) is 0.811. The number of nitrogens with zero attached hydrogens (tertiary/aromatic N) is 1. The van der Waals surface area contributed by atoms with E-state index >= 15 is 0 Å². The minimum absolute atomic E-state index is 0.0739. The molecule has 1 heterocycles. The maximum Gasteiger partial charge on any atom is 0.258 e. The Labute approximate surface area is 143 Å². The Morgan fingerprint density at radius 2 is 2.08 bits per heavy atom. The highest BCUT2D eigenvalue weighted by Crippen LogP contribution is 2.33. The molecular weight excluding hydrogens is 308 g/mol. The van der Waals surface area contributed by atoms with Gasteiger partial charge in [0.25, 0.3) is 5.91 Å². The molecule has 0 aromatic heterocycles. The van der Waals surface area contributed by atoms with Gasteiger partial charge in [-0.2, -0.15) is 0 Å². The second-order valence-corrected chi connectivity index (χ2v) is 5.51. The van der Waals surface area contributed by atoms with Gasteiger partial charge in [0.2, 0.25) is 12.3 Å². The highest BCUT2D eigenvalue weighted by molar-refractivity contribution is 6.01. The van der Waals surface area contributed by atoms with Crippen molar-refractivity contribution in [2.75, 3.05) is 7.11 Å². The third-order valence-corrected chi connectivity index (χ3v) is 3.90. The lowest BCUT2D eigenvalue weighted by Gasteiger charge is -2.24. The van der Waals surface area contributed by atoms with Crippen molar-refractivity contribution in [3.63, 3.8) is 0 Å². The van der Waals surface area contributed by atoms with Crippen LogP contribution in [0, 0.1) is 6.92 Å². The van der Waals surface area contributed by atoms with Gasteiger partial charge in [-0.25, -0.2) is 0 Å². The smallest absolute Gasteiger partial charge is 0.258 e. The maximum absolute atomic E-state index is 12.6. The van der Waals surface area contributed by atoms with Crippen LogP contribution in [0.2, 0.25) is 0 Å². The molecule has 1 aromatic carbocycles. The van der Waals surface area contributed by atoms with Crippen LogP contribution in [0.1, 0.15) is 55.1 Å². The number of benzene rings is 1. The van der Waals surface area contributed by atoms with Gasteiger partial charge in [0.1, 0.15) is 5.75 Å². The molecule has 6 heteroatoms. The number of amides is 3. The van der Waals surface area contributed by atoms with Crippen LogP contribution in [-0.2, 0) is 16.1 Å². The summed E-state index contributed by atoms with van der Waals surface area (Å²) in [6, 6.07) is 3.74. The van der Waals surface area contributed by atoms with Crippen molar-refractivity contribution < 1.29 is 19.1 Å². The van der Waals surface area contributed by atoms with Crippen LogP contribution in [0.3, 0.4) is 0 Å².